The average molecular weight is 317 g/mol. The molecule has 0 aliphatic heterocycles. The van der Waals surface area contributed by atoms with Crippen molar-refractivity contribution in [3.8, 4) is 0 Å². The largest absolute Gasteiger partial charge is 0.305 e. The maximum absolute atomic E-state index is 5.57. The van der Waals surface area contributed by atoms with Crippen LogP contribution in [0.5, 0.6) is 0 Å². The molecular weight excluding hydrogens is 292 g/mol. The maximum atomic E-state index is 5.57. The van der Waals surface area contributed by atoms with E-state index in [1.54, 1.807) is 17.3 Å². The summed E-state index contributed by atoms with van der Waals surface area (Å²) < 4.78 is 2.27. The molecule has 20 heavy (non-hydrogen) atoms. The summed E-state index contributed by atoms with van der Waals surface area (Å²) >= 11 is 7.25. The van der Waals surface area contributed by atoms with Gasteiger partial charge in [-0.3, -0.25) is 4.90 Å². The lowest BCUT2D eigenvalue weighted by Crippen LogP contribution is -2.23. The second kappa shape index (κ2) is 9.42. The average Bonchev–Trinajstić information content (AvgIpc) is 2.80. The Kier molecular flexibility index (Phi) is 8.26. The van der Waals surface area contributed by atoms with Crippen molar-refractivity contribution in [1.82, 2.24) is 19.7 Å². The number of hydrogen-bond donors (Lipinski definition) is 0. The molecule has 1 aromatic rings. The number of rotatable bonds is 9. The van der Waals surface area contributed by atoms with E-state index >= 15 is 0 Å². The monoisotopic (exact) mass is 316 g/mol. The molecule has 1 aromatic heterocycles. The third-order valence-electron chi connectivity index (χ3n) is 3.19. The van der Waals surface area contributed by atoms with Crippen molar-refractivity contribution in [2.45, 2.75) is 50.9 Å². The summed E-state index contributed by atoms with van der Waals surface area (Å²) in [5.74, 6) is 1.90. The van der Waals surface area contributed by atoms with Crippen LogP contribution in [0.15, 0.2) is 16.8 Å². The van der Waals surface area contributed by atoms with E-state index in [-0.39, 0.29) is 0 Å². The molecule has 0 saturated carbocycles. The first-order valence-electron chi connectivity index (χ1n) is 7.13. The minimum atomic E-state index is 0.317. The second-order valence-electron chi connectivity index (χ2n) is 4.91. The highest BCUT2D eigenvalue weighted by atomic mass is 35.5. The quantitative estimate of drug-likeness (QED) is 0.646. The van der Waals surface area contributed by atoms with Crippen molar-refractivity contribution in [3.05, 3.63) is 17.4 Å². The Morgan fingerprint density at radius 2 is 2.10 bits per heavy atom. The normalized spacial score (nSPS) is 13.5. The predicted octanol–water partition coefficient (Wildman–Crippen LogP) is 3.94. The lowest BCUT2D eigenvalue weighted by atomic mass is 10.2. The van der Waals surface area contributed by atoms with Crippen molar-refractivity contribution in [2.75, 3.05) is 19.8 Å². The first kappa shape index (κ1) is 17.5. The van der Waals surface area contributed by atoms with E-state index in [9.17, 15) is 0 Å². The van der Waals surface area contributed by atoms with Crippen molar-refractivity contribution >= 4 is 23.4 Å². The van der Waals surface area contributed by atoms with Gasteiger partial charge in [-0.05, 0) is 26.9 Å². The molecule has 0 amide bonds. The molecule has 4 nitrogen and oxygen atoms in total. The number of nitrogens with zero attached hydrogens (tertiary/aromatic N) is 4. The minimum absolute atomic E-state index is 0.317. The van der Waals surface area contributed by atoms with Crippen molar-refractivity contribution < 1.29 is 0 Å². The minimum Gasteiger partial charge on any atom is -0.305 e. The molecule has 0 radical (unpaired) electrons. The van der Waals surface area contributed by atoms with Gasteiger partial charge in [-0.15, -0.1) is 10.2 Å². The second-order valence-corrected chi connectivity index (χ2v) is 6.15. The van der Waals surface area contributed by atoms with Gasteiger partial charge in [0.15, 0.2) is 11.0 Å². The van der Waals surface area contributed by atoms with Crippen molar-refractivity contribution in [1.29, 1.82) is 0 Å². The summed E-state index contributed by atoms with van der Waals surface area (Å²) in [6, 6.07) is 0.317. The predicted molar refractivity (Wildman–Crippen MR) is 87.4 cm³/mol. The van der Waals surface area contributed by atoms with Gasteiger partial charge in [0.25, 0.3) is 0 Å². The Bertz CT molecular complexity index is 417. The van der Waals surface area contributed by atoms with Gasteiger partial charge >= 0.3 is 0 Å². The Morgan fingerprint density at radius 3 is 2.65 bits per heavy atom. The molecule has 1 heterocycles. The van der Waals surface area contributed by atoms with E-state index in [1.165, 1.54) is 6.42 Å². The molecule has 0 aliphatic rings. The SMILES string of the molecule is CCCCn1c(SC/C=C/Cl)nnc1C(CC)N(C)C. The molecule has 114 valence electrons. The van der Waals surface area contributed by atoms with Gasteiger partial charge in [-0.2, -0.15) is 0 Å². The molecule has 0 bridgehead atoms. The maximum Gasteiger partial charge on any atom is 0.191 e. The molecule has 1 unspecified atom stereocenters. The van der Waals surface area contributed by atoms with Gasteiger partial charge in [-0.1, -0.05) is 49.7 Å². The number of aromatic nitrogens is 3. The van der Waals surface area contributed by atoms with Crippen LogP contribution in [0.3, 0.4) is 0 Å². The van der Waals surface area contributed by atoms with Crippen molar-refractivity contribution in [3.63, 3.8) is 0 Å². The molecule has 0 fully saturated rings. The molecule has 0 aromatic carbocycles. The summed E-state index contributed by atoms with van der Waals surface area (Å²) in [6.45, 7) is 5.37. The smallest absolute Gasteiger partial charge is 0.191 e. The number of halogens is 1. The molecule has 0 N–H and O–H groups in total. The number of thioether (sulfide) groups is 1. The summed E-state index contributed by atoms with van der Waals surface area (Å²) in [6.07, 6.45) is 5.27. The fraction of sp³-hybridized carbons (Fsp3) is 0.714. The van der Waals surface area contributed by atoms with E-state index in [0.717, 1.165) is 36.1 Å². The van der Waals surface area contributed by atoms with Crippen LogP contribution in [0.25, 0.3) is 0 Å². The summed E-state index contributed by atoms with van der Waals surface area (Å²) in [5.41, 5.74) is 1.55. The summed E-state index contributed by atoms with van der Waals surface area (Å²) in [5, 5.41) is 9.79. The molecule has 1 rings (SSSR count). The van der Waals surface area contributed by atoms with E-state index in [4.69, 9.17) is 11.6 Å². The van der Waals surface area contributed by atoms with Gasteiger partial charge in [0, 0.05) is 17.8 Å². The Labute approximate surface area is 131 Å². The van der Waals surface area contributed by atoms with Gasteiger partial charge in [-0.25, -0.2) is 0 Å². The van der Waals surface area contributed by atoms with E-state index in [2.05, 4.69) is 47.6 Å². The highest BCUT2D eigenvalue weighted by molar-refractivity contribution is 7.99. The lowest BCUT2D eigenvalue weighted by Gasteiger charge is -2.23. The third-order valence-corrected chi connectivity index (χ3v) is 4.28. The van der Waals surface area contributed by atoms with Crippen LogP contribution < -0.4 is 0 Å². The Balaban J connectivity index is 2.97. The molecule has 6 heteroatoms. The standard InChI is InChI=1S/C14H25ClN4S/c1-5-7-10-19-13(12(6-2)18(3)4)16-17-14(19)20-11-8-9-15/h8-9,12H,5-7,10-11H2,1-4H3/b9-8+. The molecular formula is C14H25ClN4S. The highest BCUT2D eigenvalue weighted by Gasteiger charge is 2.21. The molecule has 0 aliphatic carbocycles. The highest BCUT2D eigenvalue weighted by Crippen LogP contribution is 2.25. The fourth-order valence-corrected chi connectivity index (χ4v) is 3.09. The van der Waals surface area contributed by atoms with Crippen LogP contribution in [-0.2, 0) is 6.54 Å². The van der Waals surface area contributed by atoms with Gasteiger partial charge in [0.05, 0.1) is 6.04 Å². The van der Waals surface area contributed by atoms with E-state index < -0.39 is 0 Å². The number of unbranched alkanes of at least 4 members (excludes halogenated alkanes) is 1. The zero-order chi connectivity index (χ0) is 15.0. The Morgan fingerprint density at radius 1 is 1.35 bits per heavy atom. The topological polar surface area (TPSA) is 34.0 Å². The zero-order valence-electron chi connectivity index (χ0n) is 12.8. The van der Waals surface area contributed by atoms with Crippen LogP contribution in [0.4, 0.5) is 0 Å². The van der Waals surface area contributed by atoms with Gasteiger partial charge in [0.2, 0.25) is 0 Å². The van der Waals surface area contributed by atoms with Crippen LogP contribution >= 0.6 is 23.4 Å². The van der Waals surface area contributed by atoms with Crippen LogP contribution in [0.2, 0.25) is 0 Å². The first-order chi connectivity index (χ1) is 9.65. The Hall–Kier alpha value is -0.520. The van der Waals surface area contributed by atoms with Crippen LogP contribution in [0, 0.1) is 0 Å². The third kappa shape index (κ3) is 4.79. The summed E-state index contributed by atoms with van der Waals surface area (Å²) in [7, 11) is 4.19. The van der Waals surface area contributed by atoms with Gasteiger partial charge < -0.3 is 4.57 Å². The number of hydrogen-bond acceptors (Lipinski definition) is 4. The van der Waals surface area contributed by atoms with Crippen LogP contribution in [-0.4, -0.2) is 39.5 Å². The zero-order valence-corrected chi connectivity index (χ0v) is 14.4. The van der Waals surface area contributed by atoms with E-state index in [0.29, 0.717) is 6.04 Å². The lowest BCUT2D eigenvalue weighted by molar-refractivity contribution is 0.270. The molecule has 1 atom stereocenters. The molecule has 0 spiro atoms. The fourth-order valence-electron chi connectivity index (χ4n) is 2.12. The first-order valence-corrected chi connectivity index (χ1v) is 8.55. The molecule has 0 saturated heterocycles. The van der Waals surface area contributed by atoms with Gasteiger partial charge in [0.1, 0.15) is 0 Å². The van der Waals surface area contributed by atoms with Crippen LogP contribution in [0.1, 0.15) is 45.0 Å². The summed E-state index contributed by atoms with van der Waals surface area (Å²) in [4.78, 5) is 2.21. The van der Waals surface area contributed by atoms with Crippen molar-refractivity contribution in [2.24, 2.45) is 0 Å². The van der Waals surface area contributed by atoms with E-state index in [1.807, 2.05) is 6.08 Å².